The zero-order valence-corrected chi connectivity index (χ0v) is 14.3. The van der Waals surface area contributed by atoms with Crippen LogP contribution in [0.1, 0.15) is 22.4 Å². The highest BCUT2D eigenvalue weighted by Gasteiger charge is 2.21. The molecule has 0 radical (unpaired) electrons. The van der Waals surface area contributed by atoms with Gasteiger partial charge >= 0.3 is 6.03 Å². The first-order valence-electron chi connectivity index (χ1n) is 7.26. The van der Waals surface area contributed by atoms with Gasteiger partial charge in [-0.05, 0) is 37.3 Å². The number of amides is 2. The molecule has 0 unspecified atom stereocenters. The summed E-state index contributed by atoms with van der Waals surface area (Å²) in [5, 5.41) is 16.9. The van der Waals surface area contributed by atoms with Crippen molar-refractivity contribution in [2.75, 3.05) is 18.4 Å². The lowest BCUT2D eigenvalue weighted by molar-refractivity contribution is 0.188. The Bertz CT molecular complexity index is 653. The molecule has 118 valence electrons. The predicted molar refractivity (Wildman–Crippen MR) is 89.6 cm³/mol. The molecule has 2 amide bonds. The number of hydrogen-bond acceptors (Lipinski definition) is 6. The third-order valence-electron chi connectivity index (χ3n) is 3.77. The number of carbonyl (C=O) groups is 1. The molecule has 6 nitrogen and oxygen atoms in total. The molecule has 0 spiro atoms. The van der Waals surface area contributed by atoms with Crippen molar-refractivity contribution in [3.05, 3.63) is 26.9 Å². The van der Waals surface area contributed by atoms with Gasteiger partial charge in [-0.1, -0.05) is 11.3 Å². The Labute approximate surface area is 137 Å². The number of urea groups is 1. The minimum absolute atomic E-state index is 0.226. The van der Waals surface area contributed by atoms with Crippen LogP contribution in [0.2, 0.25) is 0 Å². The molecule has 2 aromatic rings. The molecule has 0 saturated heterocycles. The minimum atomic E-state index is -0.226. The van der Waals surface area contributed by atoms with Crippen LogP contribution in [0.3, 0.4) is 0 Å². The number of nitrogens with one attached hydrogen (secondary N) is 2. The number of carbonyl (C=O) groups excluding carboxylic acids is 1. The maximum Gasteiger partial charge on any atom is 0.321 e. The van der Waals surface area contributed by atoms with Gasteiger partial charge in [-0.3, -0.25) is 10.2 Å². The van der Waals surface area contributed by atoms with E-state index >= 15 is 0 Å². The largest absolute Gasteiger partial charge is 0.336 e. The molecule has 3 heterocycles. The van der Waals surface area contributed by atoms with E-state index in [0.29, 0.717) is 17.7 Å². The van der Waals surface area contributed by atoms with Gasteiger partial charge in [0, 0.05) is 30.6 Å². The number of fused-ring (bicyclic) bond motifs is 1. The average molecular weight is 337 g/mol. The fourth-order valence-corrected chi connectivity index (χ4v) is 3.98. The first-order chi connectivity index (χ1) is 10.6. The molecular formula is C14H19N5OS2. The maximum absolute atomic E-state index is 11.9. The Balaban J connectivity index is 1.46. The van der Waals surface area contributed by atoms with E-state index in [1.54, 1.807) is 0 Å². The topological polar surface area (TPSA) is 70.1 Å². The van der Waals surface area contributed by atoms with E-state index in [2.05, 4.69) is 44.1 Å². The molecule has 8 heteroatoms. The molecular weight excluding hydrogens is 318 g/mol. The van der Waals surface area contributed by atoms with Crippen LogP contribution in [0.25, 0.3) is 0 Å². The molecule has 2 N–H and O–H groups in total. The van der Waals surface area contributed by atoms with Crippen LogP contribution >= 0.6 is 22.7 Å². The molecule has 0 bridgehead atoms. The highest BCUT2D eigenvalue weighted by Crippen LogP contribution is 2.24. The minimum Gasteiger partial charge on any atom is -0.336 e. The van der Waals surface area contributed by atoms with Crippen molar-refractivity contribution >= 4 is 33.8 Å². The average Bonchev–Trinajstić information content (AvgIpc) is 3.12. The van der Waals surface area contributed by atoms with Crippen LogP contribution < -0.4 is 10.6 Å². The van der Waals surface area contributed by atoms with Gasteiger partial charge in [-0.2, -0.15) is 0 Å². The molecule has 1 atom stereocenters. The monoisotopic (exact) mass is 337 g/mol. The van der Waals surface area contributed by atoms with Crippen molar-refractivity contribution in [1.29, 1.82) is 0 Å². The molecule has 0 fully saturated rings. The van der Waals surface area contributed by atoms with Crippen molar-refractivity contribution < 1.29 is 4.79 Å². The van der Waals surface area contributed by atoms with Gasteiger partial charge in [-0.25, -0.2) is 4.79 Å². The molecule has 1 aliphatic heterocycles. The summed E-state index contributed by atoms with van der Waals surface area (Å²) < 4.78 is 0. The molecule has 22 heavy (non-hydrogen) atoms. The predicted octanol–water partition coefficient (Wildman–Crippen LogP) is 2.48. The number of rotatable bonds is 4. The third-order valence-corrected chi connectivity index (χ3v) is 5.54. The molecule has 1 aliphatic rings. The van der Waals surface area contributed by atoms with Gasteiger partial charge < -0.3 is 5.32 Å². The summed E-state index contributed by atoms with van der Waals surface area (Å²) in [5.41, 5.74) is 1.43. The van der Waals surface area contributed by atoms with Gasteiger partial charge in [-0.15, -0.1) is 21.5 Å². The van der Waals surface area contributed by atoms with Gasteiger partial charge in [0.05, 0.1) is 0 Å². The van der Waals surface area contributed by atoms with E-state index < -0.39 is 0 Å². The first kappa shape index (κ1) is 15.4. The van der Waals surface area contributed by atoms with E-state index in [4.69, 9.17) is 0 Å². The Morgan fingerprint density at radius 3 is 3.14 bits per heavy atom. The molecule has 0 saturated carbocycles. The quantitative estimate of drug-likeness (QED) is 0.899. The number of nitrogens with zero attached hydrogens (tertiary/aromatic N) is 3. The van der Waals surface area contributed by atoms with Gasteiger partial charge in [0.15, 0.2) is 0 Å². The number of aromatic nitrogens is 2. The third kappa shape index (κ3) is 3.63. The molecule has 3 rings (SSSR count). The Kier molecular flexibility index (Phi) is 4.70. The lowest BCUT2D eigenvalue weighted by atomic mass is 10.1. The van der Waals surface area contributed by atoms with Crippen molar-refractivity contribution in [2.24, 2.45) is 0 Å². The standard InChI is InChI=1S/C14H19N5OS2/c1-9(19-5-3-12-11(8-19)4-6-21-12)7-15-13(20)16-14-18-17-10(2)22-14/h4,6,9H,3,5,7-8H2,1-2H3,(H2,15,16,18,20)/t9-/m1/s1. The van der Waals surface area contributed by atoms with Crippen LogP contribution in [0.5, 0.6) is 0 Å². The van der Waals surface area contributed by atoms with E-state index in [9.17, 15) is 4.79 Å². The smallest absolute Gasteiger partial charge is 0.321 e. The van der Waals surface area contributed by atoms with Crippen LogP contribution in [0.15, 0.2) is 11.4 Å². The number of anilines is 1. The van der Waals surface area contributed by atoms with Crippen molar-refractivity contribution in [3.8, 4) is 0 Å². The summed E-state index contributed by atoms with van der Waals surface area (Å²) in [6.45, 7) is 6.64. The maximum atomic E-state index is 11.9. The first-order valence-corrected chi connectivity index (χ1v) is 8.95. The highest BCUT2D eigenvalue weighted by molar-refractivity contribution is 7.15. The lowest BCUT2D eigenvalue weighted by Crippen LogP contribution is -2.45. The summed E-state index contributed by atoms with van der Waals surface area (Å²) in [4.78, 5) is 15.8. The number of hydrogen-bond donors (Lipinski definition) is 2. The fourth-order valence-electron chi connectivity index (χ4n) is 2.50. The van der Waals surface area contributed by atoms with Crippen molar-refractivity contribution in [1.82, 2.24) is 20.4 Å². The summed E-state index contributed by atoms with van der Waals surface area (Å²) >= 11 is 3.21. The van der Waals surface area contributed by atoms with Gasteiger partial charge in [0.25, 0.3) is 0 Å². The highest BCUT2D eigenvalue weighted by atomic mass is 32.1. The van der Waals surface area contributed by atoms with Gasteiger partial charge in [0.2, 0.25) is 5.13 Å². The Morgan fingerprint density at radius 1 is 1.50 bits per heavy atom. The zero-order chi connectivity index (χ0) is 15.5. The van der Waals surface area contributed by atoms with Crippen molar-refractivity contribution in [2.45, 2.75) is 32.9 Å². The van der Waals surface area contributed by atoms with E-state index in [0.717, 1.165) is 24.5 Å². The molecule has 2 aromatic heterocycles. The second-order valence-electron chi connectivity index (χ2n) is 5.40. The van der Waals surface area contributed by atoms with E-state index in [-0.39, 0.29) is 6.03 Å². The van der Waals surface area contributed by atoms with Crippen LogP contribution in [-0.2, 0) is 13.0 Å². The van der Waals surface area contributed by atoms with Crippen LogP contribution in [0, 0.1) is 6.92 Å². The Morgan fingerprint density at radius 2 is 2.36 bits per heavy atom. The van der Waals surface area contributed by atoms with E-state index in [1.165, 1.54) is 21.8 Å². The summed E-state index contributed by atoms with van der Waals surface area (Å²) in [7, 11) is 0. The second kappa shape index (κ2) is 6.72. The number of aryl methyl sites for hydroxylation is 1. The summed E-state index contributed by atoms with van der Waals surface area (Å²) in [6, 6.07) is 2.28. The second-order valence-corrected chi connectivity index (χ2v) is 7.58. The summed E-state index contributed by atoms with van der Waals surface area (Å²) in [5.74, 6) is 0. The van der Waals surface area contributed by atoms with Gasteiger partial charge in [0.1, 0.15) is 5.01 Å². The zero-order valence-electron chi connectivity index (χ0n) is 12.6. The Hall–Kier alpha value is -1.51. The van der Waals surface area contributed by atoms with Crippen LogP contribution in [0.4, 0.5) is 9.93 Å². The number of thiophene rings is 1. The SMILES string of the molecule is Cc1nnc(NC(=O)NC[C@@H](C)N2CCc3sccc3C2)s1. The molecule has 0 aliphatic carbocycles. The van der Waals surface area contributed by atoms with Crippen molar-refractivity contribution in [3.63, 3.8) is 0 Å². The summed E-state index contributed by atoms with van der Waals surface area (Å²) in [6.07, 6.45) is 1.10. The fraction of sp³-hybridized carbons (Fsp3) is 0.500. The molecule has 0 aromatic carbocycles. The van der Waals surface area contributed by atoms with E-state index in [1.807, 2.05) is 18.3 Å². The lowest BCUT2D eigenvalue weighted by Gasteiger charge is -2.32. The van der Waals surface area contributed by atoms with Crippen LogP contribution in [-0.4, -0.2) is 40.3 Å². The normalized spacial score (nSPS) is 16.1.